The molecule has 4 nitrogen and oxygen atoms in total. The molecule has 1 aliphatic rings. The van der Waals surface area contributed by atoms with Gasteiger partial charge in [0.1, 0.15) is 0 Å². The molecule has 0 fully saturated rings. The van der Waals surface area contributed by atoms with Gasteiger partial charge in [-0.1, -0.05) is 60.7 Å². The first-order chi connectivity index (χ1) is 13.2. The molecule has 0 atom stereocenters. The molecule has 1 aliphatic heterocycles. The summed E-state index contributed by atoms with van der Waals surface area (Å²) in [5.74, 6) is 0.754. The van der Waals surface area contributed by atoms with Gasteiger partial charge in [0, 0.05) is 18.3 Å². The van der Waals surface area contributed by atoms with E-state index in [2.05, 4.69) is 12.1 Å². The first kappa shape index (κ1) is 16.9. The lowest BCUT2D eigenvalue weighted by molar-refractivity contribution is -0.117. The van der Waals surface area contributed by atoms with E-state index in [1.165, 1.54) is 5.56 Å². The van der Waals surface area contributed by atoms with Crippen molar-refractivity contribution < 1.29 is 9.53 Å². The van der Waals surface area contributed by atoms with Crippen LogP contribution in [0.25, 0.3) is 6.08 Å². The third-order valence-electron chi connectivity index (χ3n) is 4.51. The summed E-state index contributed by atoms with van der Waals surface area (Å²) in [7, 11) is 0. The number of nitrogens with two attached hydrogens (primary N) is 1. The van der Waals surface area contributed by atoms with Crippen molar-refractivity contribution in [3.63, 3.8) is 0 Å². The maximum absolute atomic E-state index is 13.1. The van der Waals surface area contributed by atoms with E-state index >= 15 is 0 Å². The fourth-order valence-corrected chi connectivity index (χ4v) is 3.14. The van der Waals surface area contributed by atoms with Gasteiger partial charge < -0.3 is 15.4 Å². The third kappa shape index (κ3) is 3.70. The molecule has 2 N–H and O–H groups in total. The number of ether oxygens (including phenoxy) is 1. The highest BCUT2D eigenvalue weighted by molar-refractivity contribution is 6.10. The quantitative estimate of drug-likeness (QED) is 0.561. The molecule has 27 heavy (non-hydrogen) atoms. The fourth-order valence-electron chi connectivity index (χ4n) is 3.14. The maximum Gasteiger partial charge on any atom is 0.294 e. The van der Waals surface area contributed by atoms with Crippen molar-refractivity contribution in [2.24, 2.45) is 0 Å². The van der Waals surface area contributed by atoms with E-state index in [4.69, 9.17) is 10.5 Å². The second kappa shape index (κ2) is 7.38. The number of fused-ring (bicyclic) bond motifs is 1. The van der Waals surface area contributed by atoms with E-state index < -0.39 is 0 Å². The van der Waals surface area contributed by atoms with Crippen LogP contribution in [0.4, 0.5) is 11.4 Å². The number of amides is 1. The standard InChI is InChI=1S/C23H20N2O2/c24-19-11-12-20-21(16-19)27-22(15-18-9-5-2-6-10-18)23(26)25(20)14-13-17-7-3-1-4-8-17/h1-12,15-16H,13-14,24H2/b22-15+. The Morgan fingerprint density at radius 2 is 1.63 bits per heavy atom. The van der Waals surface area contributed by atoms with E-state index in [-0.39, 0.29) is 5.91 Å². The zero-order valence-corrected chi connectivity index (χ0v) is 14.8. The Morgan fingerprint density at radius 1 is 0.926 bits per heavy atom. The summed E-state index contributed by atoms with van der Waals surface area (Å²) in [6.07, 6.45) is 2.53. The van der Waals surface area contributed by atoms with Gasteiger partial charge in [0.2, 0.25) is 0 Å². The van der Waals surface area contributed by atoms with Crippen molar-refractivity contribution in [1.82, 2.24) is 0 Å². The van der Waals surface area contributed by atoms with Gasteiger partial charge in [-0.3, -0.25) is 4.79 Å². The Hall–Kier alpha value is -3.53. The summed E-state index contributed by atoms with van der Waals surface area (Å²) in [6, 6.07) is 25.2. The minimum absolute atomic E-state index is 0.146. The van der Waals surface area contributed by atoms with Gasteiger partial charge in [0.05, 0.1) is 5.69 Å². The van der Waals surface area contributed by atoms with Crippen LogP contribution < -0.4 is 15.4 Å². The summed E-state index contributed by atoms with van der Waals surface area (Å²) in [5, 5.41) is 0. The summed E-state index contributed by atoms with van der Waals surface area (Å²) >= 11 is 0. The maximum atomic E-state index is 13.1. The van der Waals surface area contributed by atoms with Crippen molar-refractivity contribution in [3.05, 3.63) is 95.7 Å². The van der Waals surface area contributed by atoms with E-state index in [0.29, 0.717) is 23.7 Å². The first-order valence-electron chi connectivity index (χ1n) is 8.90. The Labute approximate surface area is 158 Å². The highest BCUT2D eigenvalue weighted by Gasteiger charge is 2.30. The van der Waals surface area contributed by atoms with Crippen LogP contribution in [0, 0.1) is 0 Å². The van der Waals surface area contributed by atoms with Gasteiger partial charge in [-0.05, 0) is 35.8 Å². The van der Waals surface area contributed by atoms with Crippen molar-refractivity contribution in [2.45, 2.75) is 6.42 Å². The number of nitrogens with zero attached hydrogens (tertiary/aromatic N) is 1. The number of nitrogen functional groups attached to an aromatic ring is 1. The largest absolute Gasteiger partial charge is 0.449 e. The monoisotopic (exact) mass is 356 g/mol. The highest BCUT2D eigenvalue weighted by atomic mass is 16.5. The molecule has 1 amide bonds. The van der Waals surface area contributed by atoms with Gasteiger partial charge in [-0.15, -0.1) is 0 Å². The van der Waals surface area contributed by atoms with E-state index in [1.807, 2.05) is 54.6 Å². The lowest BCUT2D eigenvalue weighted by atomic mass is 10.1. The van der Waals surface area contributed by atoms with Crippen LogP contribution in [0.2, 0.25) is 0 Å². The topological polar surface area (TPSA) is 55.6 Å². The van der Waals surface area contributed by atoms with Crippen molar-refractivity contribution in [2.75, 3.05) is 17.2 Å². The Balaban J connectivity index is 1.68. The number of carbonyl (C=O) groups excluding carboxylic acids is 1. The molecular formula is C23H20N2O2. The smallest absolute Gasteiger partial charge is 0.294 e. The van der Waals surface area contributed by atoms with Crippen molar-refractivity contribution >= 4 is 23.4 Å². The molecule has 134 valence electrons. The second-order valence-electron chi connectivity index (χ2n) is 6.44. The fraction of sp³-hybridized carbons (Fsp3) is 0.0870. The van der Waals surface area contributed by atoms with Gasteiger partial charge in [0.15, 0.2) is 11.5 Å². The second-order valence-corrected chi connectivity index (χ2v) is 6.44. The molecule has 0 spiro atoms. The Kier molecular flexibility index (Phi) is 4.62. The van der Waals surface area contributed by atoms with Crippen LogP contribution >= 0.6 is 0 Å². The number of benzene rings is 3. The zero-order valence-electron chi connectivity index (χ0n) is 14.8. The summed E-state index contributed by atoms with van der Waals surface area (Å²) < 4.78 is 5.90. The first-order valence-corrected chi connectivity index (χ1v) is 8.90. The summed E-state index contributed by atoms with van der Waals surface area (Å²) in [4.78, 5) is 14.9. The molecule has 0 aliphatic carbocycles. The van der Waals surface area contributed by atoms with Crippen LogP contribution in [0.5, 0.6) is 5.75 Å². The number of carbonyl (C=O) groups is 1. The van der Waals surface area contributed by atoms with Gasteiger partial charge in [-0.2, -0.15) is 0 Å². The van der Waals surface area contributed by atoms with E-state index in [1.54, 1.807) is 23.1 Å². The Bertz CT molecular complexity index is 982. The van der Waals surface area contributed by atoms with Crippen molar-refractivity contribution in [3.8, 4) is 5.75 Å². The third-order valence-corrected chi connectivity index (χ3v) is 4.51. The minimum Gasteiger partial charge on any atom is -0.449 e. The normalized spacial score (nSPS) is 14.7. The van der Waals surface area contributed by atoms with E-state index in [9.17, 15) is 4.79 Å². The molecule has 0 aromatic heterocycles. The Morgan fingerprint density at radius 3 is 2.37 bits per heavy atom. The van der Waals surface area contributed by atoms with Crippen LogP contribution in [0.15, 0.2) is 84.6 Å². The lowest BCUT2D eigenvalue weighted by Gasteiger charge is -2.30. The number of hydrogen-bond donors (Lipinski definition) is 1. The molecule has 4 rings (SSSR count). The molecule has 0 radical (unpaired) electrons. The average Bonchev–Trinajstić information content (AvgIpc) is 2.70. The van der Waals surface area contributed by atoms with Crippen LogP contribution in [0.1, 0.15) is 11.1 Å². The number of rotatable bonds is 4. The molecule has 0 bridgehead atoms. The molecule has 3 aromatic rings. The SMILES string of the molecule is Nc1ccc2c(c1)O/C(=C/c1ccccc1)C(=O)N2CCc1ccccc1. The zero-order chi connectivity index (χ0) is 18.6. The van der Waals surface area contributed by atoms with Gasteiger partial charge in [0.25, 0.3) is 5.91 Å². The highest BCUT2D eigenvalue weighted by Crippen LogP contribution is 2.37. The molecule has 3 aromatic carbocycles. The van der Waals surface area contributed by atoms with Gasteiger partial charge >= 0.3 is 0 Å². The van der Waals surface area contributed by atoms with Gasteiger partial charge in [-0.25, -0.2) is 0 Å². The van der Waals surface area contributed by atoms with Crippen LogP contribution in [-0.2, 0) is 11.2 Å². The van der Waals surface area contributed by atoms with Crippen LogP contribution in [-0.4, -0.2) is 12.5 Å². The molecule has 1 heterocycles. The molecule has 0 saturated carbocycles. The molecule has 0 saturated heterocycles. The molecule has 4 heteroatoms. The predicted molar refractivity (Wildman–Crippen MR) is 108 cm³/mol. The lowest BCUT2D eigenvalue weighted by Crippen LogP contribution is -2.38. The summed E-state index contributed by atoms with van der Waals surface area (Å²) in [5.41, 5.74) is 9.37. The number of anilines is 2. The summed E-state index contributed by atoms with van der Waals surface area (Å²) in [6.45, 7) is 0.565. The molecular weight excluding hydrogens is 336 g/mol. The number of hydrogen-bond acceptors (Lipinski definition) is 3. The minimum atomic E-state index is -0.146. The van der Waals surface area contributed by atoms with Crippen LogP contribution in [0.3, 0.4) is 0 Å². The molecule has 0 unspecified atom stereocenters. The van der Waals surface area contributed by atoms with E-state index in [0.717, 1.165) is 17.7 Å². The van der Waals surface area contributed by atoms with Crippen molar-refractivity contribution in [1.29, 1.82) is 0 Å². The predicted octanol–water partition coefficient (Wildman–Crippen LogP) is 4.28. The average molecular weight is 356 g/mol.